The second-order valence-electron chi connectivity index (χ2n) is 5.63. The molecule has 0 spiro atoms. The number of nitrogens with zero attached hydrogens (tertiary/aromatic N) is 1. The highest BCUT2D eigenvalue weighted by Gasteiger charge is 2.24. The van der Waals surface area contributed by atoms with Gasteiger partial charge >= 0.3 is 0 Å². The van der Waals surface area contributed by atoms with E-state index in [2.05, 4.69) is 17.4 Å². The Morgan fingerprint density at radius 2 is 2.05 bits per heavy atom. The molecule has 114 valence electrons. The number of rotatable bonds is 3. The van der Waals surface area contributed by atoms with Crippen LogP contribution in [0, 0.1) is 17.7 Å². The lowest BCUT2D eigenvalue weighted by atomic mass is 9.82. The molecule has 0 unspecified atom stereocenters. The quantitative estimate of drug-likeness (QED) is 0.346. The molecule has 1 aromatic rings. The van der Waals surface area contributed by atoms with Crippen molar-refractivity contribution < 1.29 is 14.4 Å². The Morgan fingerprint density at radius 3 is 2.67 bits per heavy atom. The number of amidine groups is 1. The zero-order valence-corrected chi connectivity index (χ0v) is 12.0. The topological polar surface area (TPSA) is 87.7 Å². The van der Waals surface area contributed by atoms with Crippen LogP contribution in [0.25, 0.3) is 0 Å². The second kappa shape index (κ2) is 6.56. The first-order valence-electron chi connectivity index (χ1n) is 7.09. The normalized spacial score (nSPS) is 22.9. The van der Waals surface area contributed by atoms with Gasteiger partial charge in [-0.2, -0.15) is 0 Å². The van der Waals surface area contributed by atoms with Crippen molar-refractivity contribution in [1.82, 2.24) is 0 Å². The number of carbonyl (C=O) groups is 1. The van der Waals surface area contributed by atoms with Crippen LogP contribution in [0.15, 0.2) is 23.4 Å². The lowest BCUT2D eigenvalue weighted by Gasteiger charge is -2.25. The monoisotopic (exact) mass is 293 g/mol. The molecule has 1 fully saturated rings. The fourth-order valence-corrected chi connectivity index (χ4v) is 2.62. The minimum absolute atomic E-state index is 0.00133. The van der Waals surface area contributed by atoms with Crippen LogP contribution in [-0.4, -0.2) is 17.0 Å². The average molecular weight is 293 g/mol. The molecule has 1 aromatic carbocycles. The number of oxime groups is 1. The predicted molar refractivity (Wildman–Crippen MR) is 78.7 cm³/mol. The molecule has 0 atom stereocenters. The van der Waals surface area contributed by atoms with Crippen LogP contribution in [0.2, 0.25) is 0 Å². The summed E-state index contributed by atoms with van der Waals surface area (Å²) in [7, 11) is 0. The number of nitrogens with two attached hydrogens (primary N) is 1. The van der Waals surface area contributed by atoms with Gasteiger partial charge in [-0.05, 0) is 49.8 Å². The molecule has 1 saturated carbocycles. The van der Waals surface area contributed by atoms with Crippen LogP contribution in [0.1, 0.15) is 38.2 Å². The molecule has 1 aliphatic rings. The molecule has 2 rings (SSSR count). The van der Waals surface area contributed by atoms with Gasteiger partial charge in [-0.25, -0.2) is 4.39 Å². The zero-order chi connectivity index (χ0) is 15.4. The number of hydrogen-bond acceptors (Lipinski definition) is 3. The maximum Gasteiger partial charge on any atom is 0.227 e. The first-order chi connectivity index (χ1) is 10.0. The van der Waals surface area contributed by atoms with Crippen LogP contribution >= 0.6 is 0 Å². The predicted octanol–water partition coefficient (Wildman–Crippen LogP) is 2.69. The number of amides is 1. The fraction of sp³-hybridized carbons (Fsp3) is 0.467. The summed E-state index contributed by atoms with van der Waals surface area (Å²) in [5.41, 5.74) is 5.81. The SMILES string of the molecule is CC1CCC(C(=O)Nc2ccc(F)c(/C(N)=N/O)c2)CC1. The summed E-state index contributed by atoms with van der Waals surface area (Å²) in [6.07, 6.45) is 3.86. The molecule has 0 heterocycles. The number of halogens is 1. The fourth-order valence-electron chi connectivity index (χ4n) is 2.62. The Kier molecular flexibility index (Phi) is 4.77. The van der Waals surface area contributed by atoms with Crippen LogP contribution in [0.4, 0.5) is 10.1 Å². The molecule has 1 aliphatic carbocycles. The number of anilines is 1. The summed E-state index contributed by atoms with van der Waals surface area (Å²) < 4.78 is 13.6. The minimum atomic E-state index is -0.602. The van der Waals surface area contributed by atoms with Crippen LogP contribution in [0.3, 0.4) is 0 Å². The first kappa shape index (κ1) is 15.3. The Bertz CT molecular complexity index is 552. The summed E-state index contributed by atoms with van der Waals surface area (Å²) in [6, 6.07) is 4.02. The van der Waals surface area contributed by atoms with Gasteiger partial charge in [-0.15, -0.1) is 0 Å². The molecule has 4 N–H and O–H groups in total. The van der Waals surface area contributed by atoms with E-state index in [9.17, 15) is 9.18 Å². The van der Waals surface area contributed by atoms with Crippen LogP contribution < -0.4 is 11.1 Å². The zero-order valence-electron chi connectivity index (χ0n) is 12.0. The van der Waals surface area contributed by atoms with E-state index in [-0.39, 0.29) is 23.2 Å². The van der Waals surface area contributed by atoms with Gasteiger partial charge in [0.15, 0.2) is 5.84 Å². The largest absolute Gasteiger partial charge is 0.409 e. The van der Waals surface area contributed by atoms with E-state index in [0.29, 0.717) is 11.6 Å². The first-order valence-corrected chi connectivity index (χ1v) is 7.09. The summed E-state index contributed by atoms with van der Waals surface area (Å²) in [5.74, 6) is -0.311. The molecular formula is C15H20FN3O2. The van der Waals surface area contributed by atoms with Gasteiger partial charge < -0.3 is 16.3 Å². The third-order valence-electron chi connectivity index (χ3n) is 4.00. The molecule has 0 bridgehead atoms. The van der Waals surface area contributed by atoms with Crippen LogP contribution in [-0.2, 0) is 4.79 Å². The lowest BCUT2D eigenvalue weighted by molar-refractivity contribution is -0.121. The summed E-state index contributed by atoms with van der Waals surface area (Å²) in [5, 5.41) is 14.2. The van der Waals surface area contributed by atoms with E-state index in [1.165, 1.54) is 18.2 Å². The van der Waals surface area contributed by atoms with Crippen molar-refractivity contribution in [1.29, 1.82) is 0 Å². The highest BCUT2D eigenvalue weighted by atomic mass is 19.1. The van der Waals surface area contributed by atoms with Crippen molar-refractivity contribution in [2.24, 2.45) is 22.7 Å². The Hall–Kier alpha value is -2.11. The summed E-state index contributed by atoms with van der Waals surface area (Å²) in [6.45, 7) is 2.19. The number of hydrogen-bond donors (Lipinski definition) is 3. The van der Waals surface area contributed by atoms with Crippen molar-refractivity contribution in [3.8, 4) is 0 Å². The standard InChI is InChI=1S/C15H20FN3O2/c1-9-2-4-10(5-3-9)15(20)18-11-6-7-13(16)12(8-11)14(17)19-21/h6-10,21H,2-5H2,1H3,(H2,17,19)(H,18,20). The average Bonchev–Trinajstić information content (AvgIpc) is 2.49. The van der Waals surface area contributed by atoms with Gasteiger partial charge in [-0.1, -0.05) is 12.1 Å². The molecule has 0 aliphatic heterocycles. The van der Waals surface area contributed by atoms with Crippen LogP contribution in [0.5, 0.6) is 0 Å². The van der Waals surface area contributed by atoms with E-state index in [4.69, 9.17) is 10.9 Å². The third kappa shape index (κ3) is 3.71. The maximum absolute atomic E-state index is 13.6. The third-order valence-corrected chi connectivity index (χ3v) is 4.00. The minimum Gasteiger partial charge on any atom is -0.409 e. The summed E-state index contributed by atoms with van der Waals surface area (Å²) in [4.78, 5) is 12.2. The number of carbonyl (C=O) groups excluding carboxylic acids is 1. The molecule has 6 heteroatoms. The summed E-state index contributed by atoms with van der Waals surface area (Å²) >= 11 is 0. The second-order valence-corrected chi connectivity index (χ2v) is 5.63. The van der Waals surface area contributed by atoms with E-state index in [1.807, 2.05) is 0 Å². The number of nitrogens with one attached hydrogen (secondary N) is 1. The molecule has 0 saturated heterocycles. The van der Waals surface area contributed by atoms with Gasteiger partial charge in [0, 0.05) is 11.6 Å². The van der Waals surface area contributed by atoms with Gasteiger partial charge in [0.25, 0.3) is 0 Å². The highest BCUT2D eigenvalue weighted by molar-refractivity contribution is 5.99. The van der Waals surface area contributed by atoms with E-state index < -0.39 is 5.82 Å². The van der Waals surface area contributed by atoms with Crippen molar-refractivity contribution in [2.75, 3.05) is 5.32 Å². The Morgan fingerprint density at radius 1 is 1.38 bits per heavy atom. The lowest BCUT2D eigenvalue weighted by Crippen LogP contribution is -2.26. The maximum atomic E-state index is 13.6. The highest BCUT2D eigenvalue weighted by Crippen LogP contribution is 2.29. The Labute approximate surface area is 123 Å². The molecule has 0 aromatic heterocycles. The van der Waals surface area contributed by atoms with Crippen molar-refractivity contribution in [3.05, 3.63) is 29.6 Å². The van der Waals surface area contributed by atoms with Crippen molar-refractivity contribution >= 4 is 17.4 Å². The number of benzene rings is 1. The van der Waals surface area contributed by atoms with E-state index in [1.54, 1.807) is 0 Å². The molecule has 1 amide bonds. The Balaban J connectivity index is 2.07. The van der Waals surface area contributed by atoms with E-state index >= 15 is 0 Å². The van der Waals surface area contributed by atoms with Gasteiger partial charge in [-0.3, -0.25) is 4.79 Å². The molecular weight excluding hydrogens is 273 g/mol. The van der Waals surface area contributed by atoms with Gasteiger partial charge in [0.05, 0.1) is 5.56 Å². The molecule has 5 nitrogen and oxygen atoms in total. The van der Waals surface area contributed by atoms with Gasteiger partial charge in [0.1, 0.15) is 5.82 Å². The van der Waals surface area contributed by atoms with Gasteiger partial charge in [0.2, 0.25) is 5.91 Å². The molecule has 21 heavy (non-hydrogen) atoms. The van der Waals surface area contributed by atoms with E-state index in [0.717, 1.165) is 25.7 Å². The smallest absolute Gasteiger partial charge is 0.227 e. The molecule has 0 radical (unpaired) electrons. The van der Waals surface area contributed by atoms with Crippen molar-refractivity contribution in [2.45, 2.75) is 32.6 Å². The van der Waals surface area contributed by atoms with Crippen molar-refractivity contribution in [3.63, 3.8) is 0 Å².